The van der Waals surface area contributed by atoms with Gasteiger partial charge in [0.1, 0.15) is 5.78 Å². The van der Waals surface area contributed by atoms with Crippen LogP contribution in [0.2, 0.25) is 0 Å². The van der Waals surface area contributed by atoms with Gasteiger partial charge in [-0.1, -0.05) is 123 Å². The van der Waals surface area contributed by atoms with Crippen LogP contribution in [0, 0.1) is 0 Å². The van der Waals surface area contributed by atoms with Crippen molar-refractivity contribution in [3.63, 3.8) is 0 Å². The summed E-state index contributed by atoms with van der Waals surface area (Å²) in [5.41, 5.74) is 0. The average Bonchev–Trinajstić information content (AvgIpc) is 2.65. The highest BCUT2D eigenvalue weighted by Crippen LogP contribution is 2.14. The van der Waals surface area contributed by atoms with Crippen LogP contribution in [-0.2, 0) is 4.79 Å². The number of aliphatic hydroxyl groups excluding tert-OH is 1. The van der Waals surface area contributed by atoms with E-state index in [0.29, 0.717) is 12.8 Å². The first kappa shape index (κ1) is 26.6. The first-order chi connectivity index (χ1) is 13.2. The number of carbonyl (C=O) groups is 1. The highest BCUT2D eigenvalue weighted by Gasteiger charge is 2.10. The van der Waals surface area contributed by atoms with Crippen molar-refractivity contribution in [2.75, 3.05) is 0 Å². The van der Waals surface area contributed by atoms with E-state index < -0.39 is 6.10 Å². The quantitative estimate of drug-likeness (QED) is 0.192. The smallest absolute Gasteiger partial charge is 0.135 e. The summed E-state index contributed by atoms with van der Waals surface area (Å²) in [7, 11) is 0. The van der Waals surface area contributed by atoms with E-state index in [1.165, 1.54) is 103 Å². The molecule has 0 spiro atoms. The highest BCUT2D eigenvalue weighted by molar-refractivity contribution is 5.78. The number of Topliss-reactive ketones (excluding diaryl/α,β-unsaturated/α-hetero) is 1. The van der Waals surface area contributed by atoms with Crippen LogP contribution >= 0.6 is 0 Å². The fraction of sp³-hybridized carbons (Fsp3) is 0.960. The van der Waals surface area contributed by atoms with E-state index in [-0.39, 0.29) is 5.78 Å². The number of hydrogen-bond acceptors (Lipinski definition) is 2. The number of ketones is 1. The van der Waals surface area contributed by atoms with Gasteiger partial charge in [0.2, 0.25) is 0 Å². The Morgan fingerprint density at radius 2 is 0.963 bits per heavy atom. The zero-order chi connectivity index (χ0) is 20.0. The van der Waals surface area contributed by atoms with Crippen molar-refractivity contribution in [3.05, 3.63) is 0 Å². The van der Waals surface area contributed by atoms with Gasteiger partial charge in [-0.3, -0.25) is 4.79 Å². The Bertz CT molecular complexity index is 301. The molecule has 2 nitrogen and oxygen atoms in total. The second-order valence-electron chi connectivity index (χ2n) is 8.59. The second kappa shape index (κ2) is 21.9. The van der Waals surface area contributed by atoms with Gasteiger partial charge in [-0.2, -0.15) is 0 Å². The molecular formula is C25H50O2. The van der Waals surface area contributed by atoms with Gasteiger partial charge in [0.05, 0.1) is 6.10 Å². The third-order valence-corrected chi connectivity index (χ3v) is 5.66. The van der Waals surface area contributed by atoms with E-state index in [2.05, 4.69) is 13.8 Å². The lowest BCUT2D eigenvalue weighted by Gasteiger charge is -2.10. The lowest BCUT2D eigenvalue weighted by molar-refractivity contribution is -0.121. The molecule has 0 fully saturated rings. The Morgan fingerprint density at radius 1 is 0.593 bits per heavy atom. The van der Waals surface area contributed by atoms with Crippen molar-refractivity contribution in [3.8, 4) is 0 Å². The zero-order valence-corrected chi connectivity index (χ0v) is 18.8. The maximum atomic E-state index is 11.9. The van der Waals surface area contributed by atoms with Crippen molar-refractivity contribution in [2.24, 2.45) is 0 Å². The third-order valence-electron chi connectivity index (χ3n) is 5.66. The summed E-state index contributed by atoms with van der Waals surface area (Å²) >= 11 is 0. The van der Waals surface area contributed by atoms with Crippen molar-refractivity contribution < 1.29 is 9.90 Å². The van der Waals surface area contributed by atoms with Gasteiger partial charge in [0.15, 0.2) is 0 Å². The molecule has 0 aliphatic carbocycles. The Kier molecular flexibility index (Phi) is 21.6. The predicted octanol–water partition coefficient (Wildman–Crippen LogP) is 8.15. The molecule has 0 aliphatic rings. The fourth-order valence-corrected chi connectivity index (χ4v) is 3.79. The van der Waals surface area contributed by atoms with E-state index in [0.717, 1.165) is 19.3 Å². The standard InChI is InChI=1S/C25H50O2/c1-3-5-7-9-11-12-13-14-16-18-20-22-25(27)23-24(26)21-19-17-15-10-8-6-4-2/h25,27H,3-23H2,1-2H3. The molecule has 0 rings (SSSR count). The molecule has 0 aliphatic heterocycles. The largest absolute Gasteiger partial charge is 0.393 e. The van der Waals surface area contributed by atoms with Crippen LogP contribution in [0.5, 0.6) is 0 Å². The summed E-state index contributed by atoms with van der Waals surface area (Å²) in [6, 6.07) is 0. The monoisotopic (exact) mass is 382 g/mol. The molecule has 162 valence electrons. The number of hydrogen-bond donors (Lipinski definition) is 1. The van der Waals surface area contributed by atoms with E-state index in [1.54, 1.807) is 0 Å². The van der Waals surface area contributed by atoms with Gasteiger partial charge in [-0.05, 0) is 12.8 Å². The van der Waals surface area contributed by atoms with Gasteiger partial charge in [0.25, 0.3) is 0 Å². The van der Waals surface area contributed by atoms with Crippen molar-refractivity contribution in [1.82, 2.24) is 0 Å². The summed E-state index contributed by atoms with van der Waals surface area (Å²) in [5.74, 6) is 0.263. The van der Waals surface area contributed by atoms with Crippen LogP contribution in [-0.4, -0.2) is 17.0 Å². The minimum Gasteiger partial charge on any atom is -0.393 e. The van der Waals surface area contributed by atoms with Crippen LogP contribution in [0.1, 0.15) is 149 Å². The molecule has 1 atom stereocenters. The maximum absolute atomic E-state index is 11.9. The molecule has 1 N–H and O–H groups in total. The normalized spacial score (nSPS) is 12.4. The summed E-state index contributed by atoms with van der Waals surface area (Å²) in [4.78, 5) is 11.9. The van der Waals surface area contributed by atoms with Crippen LogP contribution in [0.25, 0.3) is 0 Å². The molecular weight excluding hydrogens is 332 g/mol. The molecule has 0 aromatic heterocycles. The van der Waals surface area contributed by atoms with Crippen LogP contribution in [0.15, 0.2) is 0 Å². The molecule has 1 unspecified atom stereocenters. The summed E-state index contributed by atoms with van der Waals surface area (Å²) in [5, 5.41) is 10.0. The van der Waals surface area contributed by atoms with E-state index in [4.69, 9.17) is 0 Å². The minimum atomic E-state index is -0.402. The number of unbranched alkanes of at least 4 members (excludes halogenated alkanes) is 16. The third kappa shape index (κ3) is 21.8. The first-order valence-electron chi connectivity index (χ1n) is 12.4. The number of aliphatic hydroxyl groups is 1. The first-order valence-corrected chi connectivity index (χ1v) is 12.4. The van der Waals surface area contributed by atoms with Crippen LogP contribution in [0.3, 0.4) is 0 Å². The van der Waals surface area contributed by atoms with Crippen LogP contribution < -0.4 is 0 Å². The van der Waals surface area contributed by atoms with Crippen molar-refractivity contribution >= 4 is 5.78 Å². The predicted molar refractivity (Wildman–Crippen MR) is 119 cm³/mol. The maximum Gasteiger partial charge on any atom is 0.135 e. The highest BCUT2D eigenvalue weighted by atomic mass is 16.3. The minimum absolute atomic E-state index is 0.263. The van der Waals surface area contributed by atoms with Gasteiger partial charge in [-0.25, -0.2) is 0 Å². The molecule has 0 saturated heterocycles. The molecule has 0 aromatic carbocycles. The van der Waals surface area contributed by atoms with Gasteiger partial charge in [0, 0.05) is 12.8 Å². The lowest BCUT2D eigenvalue weighted by atomic mass is 10.0. The molecule has 0 aromatic rings. The molecule has 0 radical (unpaired) electrons. The van der Waals surface area contributed by atoms with Crippen molar-refractivity contribution in [1.29, 1.82) is 0 Å². The molecule has 2 heteroatoms. The summed E-state index contributed by atoms with van der Waals surface area (Å²) in [6.07, 6.45) is 24.8. The number of rotatable bonds is 22. The number of carbonyl (C=O) groups excluding carboxylic acids is 1. The zero-order valence-electron chi connectivity index (χ0n) is 18.8. The van der Waals surface area contributed by atoms with Gasteiger partial charge in [-0.15, -0.1) is 0 Å². The Balaban J connectivity index is 3.30. The van der Waals surface area contributed by atoms with E-state index in [9.17, 15) is 9.90 Å². The van der Waals surface area contributed by atoms with Gasteiger partial charge >= 0.3 is 0 Å². The lowest BCUT2D eigenvalue weighted by Crippen LogP contribution is -2.13. The second-order valence-corrected chi connectivity index (χ2v) is 8.59. The Labute approximate surface area is 170 Å². The van der Waals surface area contributed by atoms with Crippen molar-refractivity contribution in [2.45, 2.75) is 155 Å². The molecule has 0 heterocycles. The topological polar surface area (TPSA) is 37.3 Å². The molecule has 27 heavy (non-hydrogen) atoms. The molecule has 0 bridgehead atoms. The molecule has 0 amide bonds. The fourth-order valence-electron chi connectivity index (χ4n) is 3.79. The summed E-state index contributed by atoms with van der Waals surface area (Å²) in [6.45, 7) is 4.50. The SMILES string of the molecule is CCCCCCCCCCCCCC(O)CC(=O)CCCCCCCCC. The Morgan fingerprint density at radius 3 is 1.41 bits per heavy atom. The average molecular weight is 383 g/mol. The van der Waals surface area contributed by atoms with E-state index >= 15 is 0 Å². The molecule has 0 saturated carbocycles. The summed E-state index contributed by atoms with van der Waals surface area (Å²) < 4.78 is 0. The van der Waals surface area contributed by atoms with Crippen LogP contribution in [0.4, 0.5) is 0 Å². The van der Waals surface area contributed by atoms with E-state index in [1.807, 2.05) is 0 Å². The Hall–Kier alpha value is -0.370. The van der Waals surface area contributed by atoms with Gasteiger partial charge < -0.3 is 5.11 Å².